The van der Waals surface area contributed by atoms with Gasteiger partial charge in [0.15, 0.2) is 0 Å². The second-order valence-corrected chi connectivity index (χ2v) is 6.73. The highest BCUT2D eigenvalue weighted by molar-refractivity contribution is 9.10. The first-order valence-electron chi connectivity index (χ1n) is 6.56. The molecule has 0 fully saturated rings. The third-order valence-corrected chi connectivity index (χ3v) is 5.49. The summed E-state index contributed by atoms with van der Waals surface area (Å²) in [4.78, 5) is 12.7. The molecule has 1 aromatic heterocycles. The molecular weight excluding hydrogens is 336 g/mol. The number of thiophene rings is 1. The molecule has 3 rings (SSSR count). The van der Waals surface area contributed by atoms with Crippen molar-refractivity contribution in [2.24, 2.45) is 5.73 Å². The maximum Gasteiger partial charge on any atom is 0.224 e. The molecule has 104 valence electrons. The Morgan fingerprint density at radius 1 is 1.30 bits per heavy atom. The van der Waals surface area contributed by atoms with E-state index in [0.29, 0.717) is 6.42 Å². The van der Waals surface area contributed by atoms with Crippen LogP contribution in [0.5, 0.6) is 0 Å². The Kier molecular flexibility index (Phi) is 3.92. The van der Waals surface area contributed by atoms with E-state index in [4.69, 9.17) is 5.73 Å². The minimum atomic E-state index is -0.131. The average molecular weight is 351 g/mol. The number of carbonyl (C=O) groups is 1. The largest absolute Gasteiger partial charge is 0.326 e. The number of hydrogen-bond donors (Lipinski definition) is 2. The molecule has 3 N–H and O–H groups in total. The normalized spacial score (nSPS) is 16.2. The zero-order chi connectivity index (χ0) is 14.1. The van der Waals surface area contributed by atoms with Gasteiger partial charge in [0.1, 0.15) is 0 Å². The summed E-state index contributed by atoms with van der Waals surface area (Å²) in [5.41, 5.74) is 9.54. The number of halogens is 1. The molecule has 5 heteroatoms. The third kappa shape index (κ3) is 2.66. The average Bonchev–Trinajstić information content (AvgIpc) is 2.76. The molecule has 0 spiro atoms. The van der Waals surface area contributed by atoms with Gasteiger partial charge in [-0.15, -0.1) is 11.3 Å². The lowest BCUT2D eigenvalue weighted by atomic mass is 9.99. The van der Waals surface area contributed by atoms with Crippen LogP contribution >= 0.6 is 27.3 Å². The Balaban J connectivity index is 1.94. The Morgan fingerprint density at radius 2 is 2.15 bits per heavy atom. The van der Waals surface area contributed by atoms with Crippen LogP contribution < -0.4 is 11.1 Å². The van der Waals surface area contributed by atoms with Gasteiger partial charge in [0.05, 0.1) is 6.04 Å². The van der Waals surface area contributed by atoms with Gasteiger partial charge in [0, 0.05) is 21.5 Å². The number of nitrogens with one attached hydrogen (secondary N) is 1. The highest BCUT2D eigenvalue weighted by Crippen LogP contribution is 2.33. The maximum atomic E-state index is 11.6. The minimum absolute atomic E-state index is 0.0989. The zero-order valence-electron chi connectivity index (χ0n) is 10.9. The number of carbonyl (C=O) groups excluding carboxylic acids is 1. The van der Waals surface area contributed by atoms with Crippen molar-refractivity contribution in [3.05, 3.63) is 50.1 Å². The summed E-state index contributed by atoms with van der Waals surface area (Å²) in [6.07, 6.45) is 2.40. The molecule has 1 amide bonds. The van der Waals surface area contributed by atoms with Crippen LogP contribution in [0.1, 0.15) is 34.9 Å². The molecule has 0 saturated carbocycles. The van der Waals surface area contributed by atoms with E-state index in [1.165, 1.54) is 5.56 Å². The van der Waals surface area contributed by atoms with Crippen molar-refractivity contribution < 1.29 is 4.79 Å². The highest BCUT2D eigenvalue weighted by atomic mass is 79.9. The lowest BCUT2D eigenvalue weighted by molar-refractivity contribution is -0.116. The Morgan fingerprint density at radius 3 is 2.90 bits per heavy atom. The second-order valence-electron chi connectivity index (χ2n) is 4.93. The van der Waals surface area contributed by atoms with Gasteiger partial charge < -0.3 is 11.1 Å². The quantitative estimate of drug-likeness (QED) is 0.864. The monoisotopic (exact) mass is 350 g/mol. The van der Waals surface area contributed by atoms with Gasteiger partial charge in [-0.1, -0.05) is 12.1 Å². The number of nitrogens with two attached hydrogens (primary N) is 1. The van der Waals surface area contributed by atoms with Crippen molar-refractivity contribution in [3.63, 3.8) is 0 Å². The van der Waals surface area contributed by atoms with Crippen molar-refractivity contribution in [1.82, 2.24) is 0 Å². The molecule has 2 heterocycles. The molecule has 0 aliphatic carbocycles. The topological polar surface area (TPSA) is 55.1 Å². The van der Waals surface area contributed by atoms with Crippen LogP contribution in [0.2, 0.25) is 0 Å². The minimum Gasteiger partial charge on any atom is -0.326 e. The summed E-state index contributed by atoms with van der Waals surface area (Å²) < 4.78 is 1.05. The van der Waals surface area contributed by atoms with Crippen molar-refractivity contribution in [3.8, 4) is 0 Å². The third-order valence-electron chi connectivity index (χ3n) is 3.54. The molecule has 1 aliphatic rings. The fourth-order valence-corrected chi connectivity index (χ4v) is 4.11. The van der Waals surface area contributed by atoms with E-state index in [1.54, 1.807) is 11.3 Å². The van der Waals surface area contributed by atoms with E-state index in [0.717, 1.165) is 33.4 Å². The molecule has 3 nitrogen and oxygen atoms in total. The van der Waals surface area contributed by atoms with Gasteiger partial charge in [-0.25, -0.2) is 0 Å². The molecule has 1 aromatic carbocycles. The smallest absolute Gasteiger partial charge is 0.224 e. The van der Waals surface area contributed by atoms with E-state index in [2.05, 4.69) is 27.3 Å². The molecule has 1 aliphatic heterocycles. The van der Waals surface area contributed by atoms with Crippen LogP contribution in [-0.4, -0.2) is 5.91 Å². The van der Waals surface area contributed by atoms with Gasteiger partial charge in [-0.3, -0.25) is 4.79 Å². The zero-order valence-corrected chi connectivity index (χ0v) is 13.3. The maximum absolute atomic E-state index is 11.6. The second kappa shape index (κ2) is 5.68. The molecule has 2 aromatic rings. The van der Waals surface area contributed by atoms with Crippen LogP contribution in [-0.2, 0) is 11.2 Å². The van der Waals surface area contributed by atoms with Gasteiger partial charge in [-0.2, -0.15) is 0 Å². The first-order chi connectivity index (χ1) is 9.65. The Bertz CT molecular complexity index is 653. The van der Waals surface area contributed by atoms with Gasteiger partial charge >= 0.3 is 0 Å². The lowest BCUT2D eigenvalue weighted by Gasteiger charge is -2.14. The molecule has 0 saturated heterocycles. The standard InChI is InChI=1S/C15H15BrN2OS/c16-11-6-7-20-15(11)14(17)10-4-5-12-9(8-10)2-1-3-13(19)18-12/h4-8,14H,1-3,17H2,(H,18,19). The van der Waals surface area contributed by atoms with Gasteiger partial charge in [0.25, 0.3) is 0 Å². The van der Waals surface area contributed by atoms with Crippen LogP contribution in [0.15, 0.2) is 34.1 Å². The van der Waals surface area contributed by atoms with E-state index in [9.17, 15) is 4.79 Å². The lowest BCUT2D eigenvalue weighted by Crippen LogP contribution is -2.12. The number of anilines is 1. The van der Waals surface area contributed by atoms with Crippen LogP contribution in [0.25, 0.3) is 0 Å². The fraction of sp³-hybridized carbons (Fsp3) is 0.267. The Hall–Kier alpha value is -1.17. The molecule has 20 heavy (non-hydrogen) atoms. The fourth-order valence-electron chi connectivity index (χ4n) is 2.47. The first-order valence-corrected chi connectivity index (χ1v) is 8.23. The number of rotatable bonds is 2. The SMILES string of the molecule is NC(c1ccc2c(c1)CCCC(=O)N2)c1sccc1Br. The molecule has 1 atom stereocenters. The van der Waals surface area contributed by atoms with Gasteiger partial charge in [0.2, 0.25) is 5.91 Å². The Labute approximate surface area is 130 Å². The highest BCUT2D eigenvalue weighted by Gasteiger charge is 2.17. The van der Waals surface area contributed by atoms with Crippen LogP contribution in [0.4, 0.5) is 5.69 Å². The summed E-state index contributed by atoms with van der Waals surface area (Å²) >= 11 is 5.19. The predicted molar refractivity (Wildman–Crippen MR) is 86.1 cm³/mol. The summed E-state index contributed by atoms with van der Waals surface area (Å²) in [5, 5.41) is 4.98. The summed E-state index contributed by atoms with van der Waals surface area (Å²) in [6, 6.07) is 7.98. The van der Waals surface area contributed by atoms with E-state index in [1.807, 2.05) is 23.6 Å². The first kappa shape index (κ1) is 13.8. The summed E-state index contributed by atoms with van der Waals surface area (Å²) in [5.74, 6) is 0.0989. The summed E-state index contributed by atoms with van der Waals surface area (Å²) in [6.45, 7) is 0. The molecule has 0 bridgehead atoms. The number of amides is 1. The molecule has 0 radical (unpaired) electrons. The van der Waals surface area contributed by atoms with Crippen molar-refractivity contribution >= 4 is 38.9 Å². The van der Waals surface area contributed by atoms with Crippen molar-refractivity contribution in [1.29, 1.82) is 0 Å². The molecular formula is C15H15BrN2OS. The number of fused-ring (bicyclic) bond motifs is 1. The number of benzene rings is 1. The number of aryl methyl sites for hydroxylation is 1. The van der Waals surface area contributed by atoms with E-state index < -0.39 is 0 Å². The van der Waals surface area contributed by atoms with Crippen LogP contribution in [0, 0.1) is 0 Å². The predicted octanol–water partition coefficient (Wildman–Crippen LogP) is 3.83. The number of hydrogen-bond acceptors (Lipinski definition) is 3. The van der Waals surface area contributed by atoms with Crippen molar-refractivity contribution in [2.45, 2.75) is 25.3 Å². The van der Waals surface area contributed by atoms with E-state index >= 15 is 0 Å². The van der Waals surface area contributed by atoms with Gasteiger partial charge in [-0.05, 0) is 57.4 Å². The van der Waals surface area contributed by atoms with Crippen LogP contribution in [0.3, 0.4) is 0 Å². The molecule has 1 unspecified atom stereocenters. The van der Waals surface area contributed by atoms with Crippen molar-refractivity contribution in [2.75, 3.05) is 5.32 Å². The summed E-state index contributed by atoms with van der Waals surface area (Å²) in [7, 11) is 0. The van der Waals surface area contributed by atoms with E-state index in [-0.39, 0.29) is 11.9 Å².